The first-order valence-corrected chi connectivity index (χ1v) is 22.5. The predicted octanol–water partition coefficient (Wildman–Crippen LogP) is 10.8. The zero-order chi connectivity index (χ0) is 45.0. The summed E-state index contributed by atoms with van der Waals surface area (Å²) in [6.45, 7) is 3.09. The highest BCUT2D eigenvalue weighted by atomic mass is 35.5. The van der Waals surface area contributed by atoms with Crippen molar-refractivity contribution in [3.05, 3.63) is 138 Å². The van der Waals surface area contributed by atoms with E-state index >= 15 is 0 Å². The second-order valence-corrected chi connectivity index (χ2v) is 17.3. The Morgan fingerprint density at radius 1 is 0.576 bits per heavy atom. The molecular formula is C47H38Cl2N12O3S2. The van der Waals surface area contributed by atoms with E-state index in [1.165, 1.54) is 43.1 Å². The number of nitrogens with one attached hydrogen (secondary N) is 2. The quantitative estimate of drug-likeness (QED) is 0.0978. The van der Waals surface area contributed by atoms with E-state index in [2.05, 4.69) is 50.1 Å². The molecule has 330 valence electrons. The van der Waals surface area contributed by atoms with Crippen LogP contribution in [0.3, 0.4) is 0 Å². The van der Waals surface area contributed by atoms with Crippen LogP contribution in [0.5, 0.6) is 5.75 Å². The molecule has 0 aliphatic rings. The number of hydrogen-bond acceptors (Lipinski definition) is 13. The van der Waals surface area contributed by atoms with Gasteiger partial charge >= 0.3 is 0 Å². The summed E-state index contributed by atoms with van der Waals surface area (Å²) in [7, 11) is 0. The minimum Gasteiger partial charge on any atom is -0.507 e. The predicted molar refractivity (Wildman–Crippen MR) is 261 cm³/mol. The smallest absolute Gasteiger partial charge is 0.179 e. The molecule has 0 aliphatic carbocycles. The molecule has 0 bridgehead atoms. The lowest BCUT2D eigenvalue weighted by molar-refractivity contribution is -0.115. The number of benzene rings is 4. The average molecular weight is 954 g/mol. The fraction of sp³-hybridized carbons (Fsp3) is 0.106. The fourth-order valence-electron chi connectivity index (χ4n) is 6.70. The second-order valence-electron chi connectivity index (χ2n) is 14.5. The number of thioether (sulfide) groups is 2. The Kier molecular flexibility index (Phi) is 13.7. The van der Waals surface area contributed by atoms with Crippen molar-refractivity contribution in [3.8, 4) is 61.9 Å². The molecule has 10 aromatic rings. The highest BCUT2D eigenvalue weighted by Crippen LogP contribution is 2.35. The van der Waals surface area contributed by atoms with Gasteiger partial charge in [0.15, 0.2) is 21.6 Å². The molecule has 0 aliphatic heterocycles. The lowest BCUT2D eigenvalue weighted by atomic mass is 10.0. The van der Waals surface area contributed by atoms with E-state index in [-0.39, 0.29) is 24.7 Å². The number of phenols is 1. The number of phenolic OH excluding ortho intramolecular Hbond substituents is 1. The van der Waals surface area contributed by atoms with E-state index in [0.29, 0.717) is 65.6 Å². The van der Waals surface area contributed by atoms with Crippen molar-refractivity contribution in [1.82, 2.24) is 59.4 Å². The number of aromatic nitrogens is 12. The number of carbonyl (C=O) groups excluding carboxylic acids is 2. The largest absolute Gasteiger partial charge is 0.507 e. The van der Waals surface area contributed by atoms with E-state index < -0.39 is 0 Å². The van der Waals surface area contributed by atoms with Gasteiger partial charge in [-0.05, 0) is 66.9 Å². The first-order valence-electron chi connectivity index (χ1n) is 19.8. The van der Waals surface area contributed by atoms with Crippen LogP contribution in [0.25, 0.3) is 78.5 Å². The van der Waals surface area contributed by atoms with E-state index in [9.17, 15) is 14.7 Å². The molecule has 0 fully saturated rings. The number of aromatic amines is 2. The van der Waals surface area contributed by atoms with Gasteiger partial charge in [-0.15, -0.1) is 0 Å². The maximum Gasteiger partial charge on any atom is 0.179 e. The third kappa shape index (κ3) is 10.2. The number of Topliss-reactive ketones (excluding diaryl/α,β-unsaturated/α-hetero) is 2. The maximum atomic E-state index is 11.2. The topological polar surface area (TPSA) is 199 Å². The first-order chi connectivity index (χ1) is 31.5. The number of H-pyrrole nitrogens is 2. The molecule has 3 N–H and O–H groups in total. The molecule has 6 heterocycles. The van der Waals surface area contributed by atoms with Crippen LogP contribution in [-0.2, 0) is 9.59 Å². The van der Waals surface area contributed by atoms with Gasteiger partial charge in [0, 0.05) is 22.8 Å². The van der Waals surface area contributed by atoms with Crippen LogP contribution in [0.1, 0.15) is 21.3 Å². The Morgan fingerprint density at radius 3 is 1.44 bits per heavy atom. The van der Waals surface area contributed by atoms with E-state index in [1.54, 1.807) is 41.1 Å². The minimum atomic E-state index is 0. The van der Waals surface area contributed by atoms with E-state index in [1.807, 2.05) is 91.0 Å². The highest BCUT2D eigenvalue weighted by molar-refractivity contribution is 8.00. The number of nitrogens with zero attached hydrogens (tertiary/aromatic N) is 10. The summed E-state index contributed by atoms with van der Waals surface area (Å²) in [5.74, 6) is 1.01. The minimum absolute atomic E-state index is 0. The number of ketones is 2. The SMILES string of the molecule is C.CC(=O)CSc1nc2nc(-c3ccc(-c4ccc(-n5cncn5)cc4)cc3)c(Cl)cc2[nH]1.CC(=O)CSc1nc2nc(-c3ccc(-c4ccc(-n5cncn5)cc4O)cc3)c(Cl)cc2[nH]1. The maximum absolute atomic E-state index is 11.2. The molecule has 0 saturated heterocycles. The van der Waals surface area contributed by atoms with Gasteiger partial charge in [-0.2, -0.15) is 10.2 Å². The summed E-state index contributed by atoms with van der Waals surface area (Å²) in [6, 6.07) is 32.7. The Morgan fingerprint density at radius 2 is 1.00 bits per heavy atom. The van der Waals surface area contributed by atoms with Gasteiger partial charge in [-0.1, -0.05) is 115 Å². The van der Waals surface area contributed by atoms with Crippen molar-refractivity contribution in [3.63, 3.8) is 0 Å². The number of imidazole rings is 2. The number of aromatic hydroxyl groups is 1. The van der Waals surface area contributed by atoms with Crippen molar-refractivity contribution in [2.45, 2.75) is 31.6 Å². The molecule has 10 rings (SSSR count). The van der Waals surface area contributed by atoms with Crippen LogP contribution in [0.15, 0.2) is 139 Å². The van der Waals surface area contributed by atoms with Gasteiger partial charge < -0.3 is 15.1 Å². The summed E-state index contributed by atoms with van der Waals surface area (Å²) < 4.78 is 3.30. The molecule has 15 nitrogen and oxygen atoms in total. The molecule has 66 heavy (non-hydrogen) atoms. The third-order valence-corrected chi connectivity index (χ3v) is 12.4. The van der Waals surface area contributed by atoms with Crippen LogP contribution >= 0.6 is 46.7 Å². The zero-order valence-electron chi connectivity index (χ0n) is 34.3. The Balaban J connectivity index is 0.000000177. The van der Waals surface area contributed by atoms with Gasteiger partial charge in [0.1, 0.15) is 42.6 Å². The van der Waals surface area contributed by atoms with Gasteiger partial charge in [0.2, 0.25) is 0 Å². The van der Waals surface area contributed by atoms with E-state index in [0.717, 1.165) is 44.7 Å². The van der Waals surface area contributed by atoms with Gasteiger partial charge in [-0.25, -0.2) is 39.3 Å². The van der Waals surface area contributed by atoms with Crippen molar-refractivity contribution in [2.24, 2.45) is 0 Å². The molecule has 0 unspecified atom stereocenters. The Hall–Kier alpha value is -7.18. The number of pyridine rings is 2. The Bertz CT molecular complexity index is 3310. The molecular weight excluding hydrogens is 916 g/mol. The molecule has 0 spiro atoms. The monoisotopic (exact) mass is 952 g/mol. The van der Waals surface area contributed by atoms with Crippen molar-refractivity contribution in [2.75, 3.05) is 11.5 Å². The first kappa shape index (κ1) is 45.4. The van der Waals surface area contributed by atoms with Gasteiger partial charge in [0.05, 0.1) is 55.3 Å². The highest BCUT2D eigenvalue weighted by Gasteiger charge is 2.15. The summed E-state index contributed by atoms with van der Waals surface area (Å²) in [5.41, 5.74) is 11.0. The summed E-state index contributed by atoms with van der Waals surface area (Å²) in [6.07, 6.45) is 6.19. The van der Waals surface area contributed by atoms with Crippen LogP contribution in [-0.4, -0.2) is 87.6 Å². The van der Waals surface area contributed by atoms with Gasteiger partial charge in [0.25, 0.3) is 0 Å². The molecule has 0 radical (unpaired) electrons. The molecule has 0 saturated carbocycles. The van der Waals surface area contributed by atoms with Crippen molar-refractivity contribution in [1.29, 1.82) is 0 Å². The lowest BCUT2D eigenvalue weighted by Gasteiger charge is -2.09. The van der Waals surface area contributed by atoms with Crippen LogP contribution in [0.4, 0.5) is 0 Å². The zero-order valence-corrected chi connectivity index (χ0v) is 37.5. The normalized spacial score (nSPS) is 11.0. The summed E-state index contributed by atoms with van der Waals surface area (Å²) >= 11 is 15.7. The molecule has 19 heteroatoms. The van der Waals surface area contributed by atoms with Crippen LogP contribution in [0, 0.1) is 0 Å². The summed E-state index contributed by atoms with van der Waals surface area (Å²) in [4.78, 5) is 54.8. The molecule has 0 amide bonds. The fourth-order valence-corrected chi connectivity index (χ4v) is 8.56. The van der Waals surface area contributed by atoms with Crippen LogP contribution in [0.2, 0.25) is 10.0 Å². The average Bonchev–Trinajstić information content (AvgIpc) is 4.16. The Labute approximate surface area is 396 Å². The van der Waals surface area contributed by atoms with Crippen molar-refractivity contribution < 1.29 is 14.7 Å². The third-order valence-electron chi connectivity index (χ3n) is 9.81. The van der Waals surface area contributed by atoms with E-state index in [4.69, 9.17) is 23.2 Å². The second kappa shape index (κ2) is 19.9. The lowest BCUT2D eigenvalue weighted by Crippen LogP contribution is -1.94. The molecule has 4 aromatic carbocycles. The summed E-state index contributed by atoms with van der Waals surface area (Å²) in [5, 5.41) is 21.1. The number of rotatable bonds is 12. The number of fused-ring (bicyclic) bond motifs is 2. The number of carbonyl (C=O) groups is 2. The molecule has 6 aromatic heterocycles. The number of hydrogen-bond donors (Lipinski definition) is 3. The van der Waals surface area contributed by atoms with Crippen LogP contribution < -0.4 is 0 Å². The molecule has 0 atom stereocenters. The van der Waals surface area contributed by atoms with Gasteiger partial charge in [-0.3, -0.25) is 9.59 Å². The standard InChI is InChI=1S/C23H17ClN6O2S.C23H17ClN6OS.CH4/c1-13(31)10-33-23-27-19-9-18(24)21(28-22(19)29-23)15-4-2-14(3-5-15)17-7-6-16(8-20(17)32)30-12-25-11-26-30;1-14(31)11-32-23-27-20-10-19(24)21(28-22(20)29-23)17-4-2-15(3-5-17)16-6-8-18(9-7-16)30-13-25-12-26-30;/h2-9,11-12,32H,10H2,1H3,(H,27,28,29);2-10,12-13H,11H2,1H3,(H,27,28,29);1H4. The van der Waals surface area contributed by atoms with Crippen molar-refractivity contribution >= 4 is 80.6 Å². The number of halogens is 2.